The molecule has 0 bridgehead atoms. The first-order valence-corrected chi connectivity index (χ1v) is 13.2. The second kappa shape index (κ2) is 9.78. The summed E-state index contributed by atoms with van der Waals surface area (Å²) in [6, 6.07) is 5.64. The fraction of sp³-hybridized carbons (Fsp3) is 0.607. The highest BCUT2D eigenvalue weighted by Crippen LogP contribution is 2.65. The van der Waals surface area contributed by atoms with E-state index in [0.29, 0.717) is 5.69 Å². The summed E-state index contributed by atoms with van der Waals surface area (Å²) in [4.78, 5) is 54.6. The van der Waals surface area contributed by atoms with Gasteiger partial charge in [-0.2, -0.15) is 18.4 Å². The number of nitrogens with one attached hydrogen (secondary N) is 2. The van der Waals surface area contributed by atoms with E-state index in [1.54, 1.807) is 24.3 Å². The Morgan fingerprint density at radius 2 is 1.85 bits per heavy atom. The molecule has 0 aromatic heterocycles. The Labute approximate surface area is 231 Å². The number of carbonyl (C=O) groups excluding carboxylic acids is 4. The third kappa shape index (κ3) is 5.02. The lowest BCUT2D eigenvalue weighted by molar-refractivity contribution is -0.176. The molecule has 2 fully saturated rings. The third-order valence-electron chi connectivity index (χ3n) is 8.72. The maximum atomic E-state index is 14.0. The highest BCUT2D eigenvalue weighted by molar-refractivity contribution is 6.03. The number of nitriles is 1. The van der Waals surface area contributed by atoms with Gasteiger partial charge in [-0.3, -0.25) is 19.2 Å². The van der Waals surface area contributed by atoms with Crippen molar-refractivity contribution in [2.24, 2.45) is 22.7 Å². The number of carbonyl (C=O) groups is 4. The summed E-state index contributed by atoms with van der Waals surface area (Å²) >= 11 is 0. The van der Waals surface area contributed by atoms with Crippen LogP contribution in [-0.4, -0.2) is 71.3 Å². The number of anilines is 1. The Morgan fingerprint density at radius 1 is 1.23 bits per heavy atom. The SMILES string of the molecule is CN(C(=O)[C@@H]1[C@H]2[C@H](CN1C(=O)[C@@H](NC(=O)C(F)(F)F)C(C)(C)C)C2(C)C)[C@H](C#N)CC1C(=O)Nc2ccccc21. The first-order valence-electron chi connectivity index (χ1n) is 13.2. The van der Waals surface area contributed by atoms with Crippen molar-refractivity contribution >= 4 is 29.3 Å². The number of fused-ring (bicyclic) bond motifs is 2. The van der Waals surface area contributed by atoms with Crippen molar-refractivity contribution in [3.05, 3.63) is 29.8 Å². The molecule has 2 N–H and O–H groups in total. The molecule has 1 aromatic rings. The number of nitrogens with zero attached hydrogens (tertiary/aromatic N) is 3. The van der Waals surface area contributed by atoms with Gasteiger partial charge in [0, 0.05) is 19.3 Å². The number of likely N-dealkylation sites (N-methyl/N-ethyl adjacent to an activating group) is 1. The van der Waals surface area contributed by atoms with Crippen LogP contribution in [0.3, 0.4) is 0 Å². The van der Waals surface area contributed by atoms with Crippen LogP contribution in [0.25, 0.3) is 0 Å². The van der Waals surface area contributed by atoms with Crippen LogP contribution in [0.5, 0.6) is 0 Å². The third-order valence-corrected chi connectivity index (χ3v) is 8.72. The standard InChI is InChI=1S/C28H34F3N5O4/c1-26(2,3)21(34-25(40)28(29,30)31)24(39)36-13-17-19(27(17,4)5)20(36)23(38)35(6)14(12-32)11-16-15-9-7-8-10-18(15)33-22(16)37/h7-10,14,16-17,19-21H,11,13H2,1-6H3,(H,33,37)(H,34,40)/t14-,16?,17-,19+,20-,21+/m0/s1. The number of halogens is 3. The van der Waals surface area contributed by atoms with E-state index in [1.165, 1.54) is 37.6 Å². The van der Waals surface area contributed by atoms with Crippen molar-refractivity contribution in [1.29, 1.82) is 5.26 Å². The van der Waals surface area contributed by atoms with Crippen molar-refractivity contribution in [3.8, 4) is 6.07 Å². The topological polar surface area (TPSA) is 123 Å². The van der Waals surface area contributed by atoms with Gasteiger partial charge in [0.15, 0.2) is 0 Å². The van der Waals surface area contributed by atoms with Gasteiger partial charge < -0.3 is 20.4 Å². The van der Waals surface area contributed by atoms with Crippen molar-refractivity contribution in [1.82, 2.24) is 15.1 Å². The molecule has 4 rings (SSSR count). The molecule has 9 nitrogen and oxygen atoms in total. The molecule has 1 saturated carbocycles. The summed E-state index contributed by atoms with van der Waals surface area (Å²) in [6.45, 7) is 8.66. The molecular formula is C28H34F3N5O4. The highest BCUT2D eigenvalue weighted by Gasteiger charge is 2.70. The summed E-state index contributed by atoms with van der Waals surface area (Å²) in [5.74, 6) is -4.80. The van der Waals surface area contributed by atoms with E-state index >= 15 is 0 Å². The largest absolute Gasteiger partial charge is 0.471 e. The molecule has 0 spiro atoms. The molecule has 40 heavy (non-hydrogen) atoms. The quantitative estimate of drug-likeness (QED) is 0.553. The van der Waals surface area contributed by atoms with Crippen molar-refractivity contribution < 1.29 is 32.3 Å². The Hall–Kier alpha value is -3.62. The summed E-state index contributed by atoms with van der Waals surface area (Å²) in [7, 11) is 1.44. The van der Waals surface area contributed by atoms with Crippen LogP contribution < -0.4 is 10.6 Å². The van der Waals surface area contributed by atoms with E-state index in [1.807, 2.05) is 19.2 Å². The van der Waals surface area contributed by atoms with Gasteiger partial charge in [0.25, 0.3) is 0 Å². The number of benzene rings is 1. The number of rotatable bonds is 6. The predicted octanol–water partition coefficient (Wildman–Crippen LogP) is 3.04. The highest BCUT2D eigenvalue weighted by atomic mass is 19.4. The first-order chi connectivity index (χ1) is 18.4. The number of amides is 4. The maximum Gasteiger partial charge on any atom is 0.471 e. The molecule has 1 unspecified atom stereocenters. The molecule has 0 radical (unpaired) electrons. The lowest BCUT2D eigenvalue weighted by Crippen LogP contribution is -2.61. The van der Waals surface area contributed by atoms with Gasteiger partial charge in [-0.1, -0.05) is 52.8 Å². The smallest absolute Gasteiger partial charge is 0.336 e. The minimum atomic E-state index is -5.18. The van der Waals surface area contributed by atoms with E-state index < -0.39 is 53.4 Å². The van der Waals surface area contributed by atoms with E-state index in [9.17, 15) is 37.6 Å². The van der Waals surface area contributed by atoms with E-state index in [2.05, 4.69) is 11.4 Å². The minimum absolute atomic E-state index is 0.0337. The fourth-order valence-electron chi connectivity index (χ4n) is 6.22. The van der Waals surface area contributed by atoms with Crippen molar-refractivity contribution in [3.63, 3.8) is 0 Å². The second-order valence-electron chi connectivity index (χ2n) is 12.6. The Bertz CT molecular complexity index is 1280. The van der Waals surface area contributed by atoms with Crippen LogP contribution in [0.4, 0.5) is 18.9 Å². The number of piperidine rings is 1. The number of para-hydroxylation sites is 1. The summed E-state index contributed by atoms with van der Waals surface area (Å²) in [5.41, 5.74) is -0.00909. The zero-order valence-electron chi connectivity index (χ0n) is 23.3. The average Bonchev–Trinajstić information content (AvgIpc) is 3.17. The van der Waals surface area contributed by atoms with Crippen LogP contribution in [-0.2, 0) is 19.2 Å². The van der Waals surface area contributed by atoms with E-state index in [-0.39, 0.29) is 36.1 Å². The van der Waals surface area contributed by atoms with Crippen molar-refractivity contribution in [2.75, 3.05) is 18.9 Å². The van der Waals surface area contributed by atoms with Crippen LogP contribution in [0.15, 0.2) is 24.3 Å². The van der Waals surface area contributed by atoms with Gasteiger partial charge in [0.2, 0.25) is 17.7 Å². The molecule has 1 saturated heterocycles. The number of hydrogen-bond acceptors (Lipinski definition) is 5. The predicted molar refractivity (Wildman–Crippen MR) is 138 cm³/mol. The lowest BCUT2D eigenvalue weighted by atomic mass is 9.85. The average molecular weight is 562 g/mol. The molecule has 1 aliphatic carbocycles. The van der Waals surface area contributed by atoms with E-state index in [0.717, 1.165) is 5.56 Å². The molecule has 12 heteroatoms. The van der Waals surface area contributed by atoms with E-state index in [4.69, 9.17) is 0 Å². The molecule has 6 atom stereocenters. The number of likely N-dealkylation sites (tertiary alicyclic amines) is 1. The van der Waals surface area contributed by atoms with Crippen molar-refractivity contribution in [2.45, 2.75) is 71.3 Å². The van der Waals surface area contributed by atoms with Crippen LogP contribution in [0, 0.1) is 34.0 Å². The molecule has 4 amide bonds. The molecule has 2 aliphatic heterocycles. The van der Waals surface area contributed by atoms with Gasteiger partial charge in [-0.25, -0.2) is 0 Å². The van der Waals surface area contributed by atoms with Crippen LogP contribution in [0.2, 0.25) is 0 Å². The van der Waals surface area contributed by atoms with Gasteiger partial charge in [0.1, 0.15) is 18.1 Å². The summed E-state index contributed by atoms with van der Waals surface area (Å²) in [6.07, 6.45) is -5.15. The van der Waals surface area contributed by atoms with Crippen LogP contribution in [0.1, 0.15) is 52.5 Å². The second-order valence-corrected chi connectivity index (χ2v) is 12.6. The zero-order chi connectivity index (χ0) is 29.9. The molecule has 1 aromatic carbocycles. The van der Waals surface area contributed by atoms with Gasteiger partial charge >= 0.3 is 12.1 Å². The van der Waals surface area contributed by atoms with Gasteiger partial charge in [-0.05, 0) is 40.7 Å². The minimum Gasteiger partial charge on any atom is -0.336 e. The molecule has 2 heterocycles. The first kappa shape index (κ1) is 29.4. The number of alkyl halides is 3. The summed E-state index contributed by atoms with van der Waals surface area (Å²) in [5, 5.41) is 14.6. The van der Waals surface area contributed by atoms with Crippen LogP contribution >= 0.6 is 0 Å². The Morgan fingerprint density at radius 3 is 2.42 bits per heavy atom. The van der Waals surface area contributed by atoms with Gasteiger partial charge in [0.05, 0.1) is 12.0 Å². The molecular weight excluding hydrogens is 527 g/mol. The molecule has 3 aliphatic rings. The number of hydrogen-bond donors (Lipinski definition) is 2. The van der Waals surface area contributed by atoms with Gasteiger partial charge in [-0.15, -0.1) is 0 Å². The Kier molecular flexibility index (Phi) is 7.18. The molecule has 216 valence electrons. The maximum absolute atomic E-state index is 14.0. The lowest BCUT2D eigenvalue weighted by Gasteiger charge is -2.39. The summed E-state index contributed by atoms with van der Waals surface area (Å²) < 4.78 is 39.2. The monoisotopic (exact) mass is 561 g/mol. The zero-order valence-corrected chi connectivity index (χ0v) is 23.3. The normalized spacial score (nSPS) is 26.1. The fourth-order valence-corrected chi connectivity index (χ4v) is 6.22. The Balaban J connectivity index is 1.59.